The second-order valence-electron chi connectivity index (χ2n) is 2.14. The molecule has 1 heteroatoms. The molecule has 0 bridgehead atoms. The minimum absolute atomic E-state index is 0.276. The molecule has 0 spiro atoms. The van der Waals surface area contributed by atoms with E-state index in [0.717, 1.165) is 18.4 Å². The molecule has 0 aliphatic carbocycles. The van der Waals surface area contributed by atoms with E-state index in [1.165, 1.54) is 6.42 Å². The zero-order valence-corrected chi connectivity index (χ0v) is 5.11. The SMILES string of the molecule is CCCCc1cc1=O. The summed E-state index contributed by atoms with van der Waals surface area (Å²) in [6.07, 6.45) is 3.36. The first-order chi connectivity index (χ1) is 3.84. The Morgan fingerprint density at radius 2 is 2.25 bits per heavy atom. The Balaban J connectivity index is 2.16. The molecule has 1 aromatic rings. The topological polar surface area (TPSA) is 17.1 Å². The van der Waals surface area contributed by atoms with Crippen molar-refractivity contribution in [2.75, 3.05) is 0 Å². The zero-order valence-electron chi connectivity index (χ0n) is 5.11. The fraction of sp³-hybridized carbons (Fsp3) is 0.571. The lowest BCUT2D eigenvalue weighted by atomic mass is 10.2. The Morgan fingerprint density at radius 1 is 1.62 bits per heavy atom. The van der Waals surface area contributed by atoms with E-state index in [1.54, 1.807) is 6.07 Å². The van der Waals surface area contributed by atoms with Gasteiger partial charge in [0.2, 0.25) is 0 Å². The van der Waals surface area contributed by atoms with Gasteiger partial charge in [0, 0.05) is 5.56 Å². The van der Waals surface area contributed by atoms with Crippen LogP contribution in [0.25, 0.3) is 0 Å². The molecule has 0 amide bonds. The Kier molecular flexibility index (Phi) is 1.47. The second-order valence-corrected chi connectivity index (χ2v) is 2.14. The molecule has 0 unspecified atom stereocenters. The number of hydrogen-bond acceptors (Lipinski definition) is 1. The van der Waals surface area contributed by atoms with Gasteiger partial charge in [0.15, 0.2) is 5.43 Å². The fourth-order valence-corrected chi connectivity index (χ4v) is 0.685. The van der Waals surface area contributed by atoms with Crippen LogP contribution in [-0.2, 0) is 6.42 Å². The molecule has 1 rings (SSSR count). The van der Waals surface area contributed by atoms with Crippen LogP contribution >= 0.6 is 0 Å². The van der Waals surface area contributed by atoms with E-state index in [-0.39, 0.29) is 5.43 Å². The van der Waals surface area contributed by atoms with Crippen LogP contribution in [0.1, 0.15) is 25.3 Å². The van der Waals surface area contributed by atoms with Crippen molar-refractivity contribution in [3.63, 3.8) is 0 Å². The highest BCUT2D eigenvalue weighted by atomic mass is 16.1. The number of hydrogen-bond donors (Lipinski definition) is 0. The van der Waals surface area contributed by atoms with Crippen molar-refractivity contribution >= 4 is 0 Å². The van der Waals surface area contributed by atoms with Crippen LogP contribution in [0.2, 0.25) is 0 Å². The molecule has 0 aromatic heterocycles. The fourth-order valence-electron chi connectivity index (χ4n) is 0.685. The highest BCUT2D eigenvalue weighted by Gasteiger charge is 2.04. The van der Waals surface area contributed by atoms with Crippen LogP contribution in [0.4, 0.5) is 0 Å². The summed E-state index contributed by atoms with van der Waals surface area (Å²) in [5.74, 6) is 0. The average molecular weight is 110 g/mol. The lowest BCUT2D eigenvalue weighted by Crippen LogP contribution is -1.81. The zero-order chi connectivity index (χ0) is 5.98. The molecule has 0 atom stereocenters. The van der Waals surface area contributed by atoms with Gasteiger partial charge >= 0.3 is 0 Å². The monoisotopic (exact) mass is 110 g/mol. The summed E-state index contributed by atoms with van der Waals surface area (Å²) in [5.41, 5.74) is 1.32. The van der Waals surface area contributed by atoms with Crippen molar-refractivity contribution in [2.24, 2.45) is 0 Å². The van der Waals surface area contributed by atoms with Crippen molar-refractivity contribution in [1.29, 1.82) is 0 Å². The summed E-state index contributed by atoms with van der Waals surface area (Å²) in [7, 11) is 0. The highest BCUT2D eigenvalue weighted by Crippen LogP contribution is 2.01. The van der Waals surface area contributed by atoms with Gasteiger partial charge in [-0.15, -0.1) is 0 Å². The molecule has 0 heterocycles. The predicted molar refractivity (Wildman–Crippen MR) is 33.7 cm³/mol. The molecule has 1 aromatic carbocycles. The second kappa shape index (κ2) is 2.12. The van der Waals surface area contributed by atoms with E-state index in [1.807, 2.05) is 0 Å². The first-order valence-corrected chi connectivity index (χ1v) is 3.09. The van der Waals surface area contributed by atoms with Gasteiger partial charge in [-0.1, -0.05) is 13.3 Å². The lowest BCUT2D eigenvalue weighted by molar-refractivity contribution is 0.803. The molecule has 0 saturated heterocycles. The van der Waals surface area contributed by atoms with Crippen LogP contribution in [-0.4, -0.2) is 0 Å². The maximum absolute atomic E-state index is 10.3. The Morgan fingerprint density at radius 3 is 2.62 bits per heavy atom. The molecule has 0 saturated carbocycles. The third-order valence-corrected chi connectivity index (χ3v) is 1.34. The van der Waals surface area contributed by atoms with Crippen LogP contribution in [0.15, 0.2) is 10.9 Å². The molecule has 0 N–H and O–H groups in total. The van der Waals surface area contributed by atoms with Crippen molar-refractivity contribution in [3.05, 3.63) is 21.9 Å². The van der Waals surface area contributed by atoms with E-state index in [0.29, 0.717) is 0 Å². The van der Waals surface area contributed by atoms with E-state index in [2.05, 4.69) is 6.92 Å². The van der Waals surface area contributed by atoms with Crippen LogP contribution < -0.4 is 5.43 Å². The first kappa shape index (κ1) is 5.54. The first-order valence-electron chi connectivity index (χ1n) is 3.09. The summed E-state index contributed by atoms with van der Waals surface area (Å²) in [6, 6.07) is 1.72. The Hall–Kier alpha value is -0.590. The summed E-state index contributed by atoms with van der Waals surface area (Å²) < 4.78 is 0. The van der Waals surface area contributed by atoms with Gasteiger partial charge in [-0.2, -0.15) is 0 Å². The summed E-state index contributed by atoms with van der Waals surface area (Å²) in [4.78, 5) is 10.3. The van der Waals surface area contributed by atoms with Gasteiger partial charge in [0.1, 0.15) is 0 Å². The van der Waals surface area contributed by atoms with E-state index >= 15 is 0 Å². The Labute approximate surface area is 49.0 Å². The van der Waals surface area contributed by atoms with Gasteiger partial charge < -0.3 is 0 Å². The molecular weight excluding hydrogens is 100 g/mol. The minimum Gasteiger partial charge on any atom is -0.290 e. The molecular formula is C7H10O. The van der Waals surface area contributed by atoms with E-state index in [4.69, 9.17) is 0 Å². The molecule has 0 fully saturated rings. The quantitative estimate of drug-likeness (QED) is 0.572. The third-order valence-electron chi connectivity index (χ3n) is 1.34. The van der Waals surface area contributed by atoms with Gasteiger partial charge in [0.05, 0.1) is 0 Å². The highest BCUT2D eigenvalue weighted by molar-refractivity contribution is 5.22. The van der Waals surface area contributed by atoms with E-state index < -0.39 is 0 Å². The smallest absolute Gasteiger partial charge is 0.182 e. The predicted octanol–water partition coefficient (Wildman–Crippen LogP) is 1.27. The van der Waals surface area contributed by atoms with Gasteiger partial charge in [-0.25, -0.2) is 0 Å². The third kappa shape index (κ3) is 1.19. The van der Waals surface area contributed by atoms with E-state index in [9.17, 15) is 4.79 Å². The molecule has 1 nitrogen and oxygen atoms in total. The Bertz CT molecular complexity index is 170. The van der Waals surface area contributed by atoms with Crippen LogP contribution in [0.3, 0.4) is 0 Å². The van der Waals surface area contributed by atoms with Crippen LogP contribution in [0.5, 0.6) is 0 Å². The summed E-state index contributed by atoms with van der Waals surface area (Å²) in [6.45, 7) is 2.13. The number of aryl methyl sites for hydroxylation is 1. The normalized spacial score (nSPS) is 10.6. The summed E-state index contributed by atoms with van der Waals surface area (Å²) >= 11 is 0. The maximum atomic E-state index is 10.3. The largest absolute Gasteiger partial charge is 0.290 e. The van der Waals surface area contributed by atoms with Gasteiger partial charge in [-0.05, 0) is 18.9 Å². The van der Waals surface area contributed by atoms with Crippen molar-refractivity contribution in [3.8, 4) is 0 Å². The lowest BCUT2D eigenvalue weighted by Gasteiger charge is -1.83. The molecule has 8 heavy (non-hydrogen) atoms. The average Bonchev–Trinajstić information content (AvgIpc) is 2.42. The van der Waals surface area contributed by atoms with Crippen molar-refractivity contribution in [1.82, 2.24) is 0 Å². The minimum atomic E-state index is 0.276. The van der Waals surface area contributed by atoms with Gasteiger partial charge in [-0.3, -0.25) is 4.79 Å². The number of rotatable bonds is 3. The van der Waals surface area contributed by atoms with Crippen molar-refractivity contribution in [2.45, 2.75) is 26.2 Å². The molecule has 0 radical (unpaired) electrons. The van der Waals surface area contributed by atoms with Gasteiger partial charge in [0.25, 0.3) is 0 Å². The molecule has 0 aliphatic heterocycles. The molecule has 0 aliphatic rings. The standard InChI is InChI=1S/C7H10O/c1-2-3-4-6-5-7(6)8/h5H,2-4H2,1H3. The van der Waals surface area contributed by atoms with Crippen molar-refractivity contribution < 1.29 is 0 Å². The molecule has 44 valence electrons. The summed E-state index contributed by atoms with van der Waals surface area (Å²) in [5, 5.41) is 0. The number of unbranched alkanes of at least 4 members (excludes halogenated alkanes) is 1. The van der Waals surface area contributed by atoms with Crippen LogP contribution in [0, 0.1) is 0 Å². The maximum Gasteiger partial charge on any atom is 0.182 e.